The Morgan fingerprint density at radius 3 is 2.22 bits per heavy atom. The number of aryl methyl sites for hydroxylation is 1. The first-order valence-electron chi connectivity index (χ1n) is 6.91. The Kier molecular flexibility index (Phi) is 5.05. The van der Waals surface area contributed by atoms with E-state index < -0.39 is 0 Å². The minimum Gasteiger partial charge on any atom is -0.394 e. The molecule has 0 aliphatic rings. The zero-order valence-electron chi connectivity index (χ0n) is 12.6. The highest BCUT2D eigenvalue weighted by molar-refractivity contribution is 5.66. The standard InChI is InChI=1S/C14H28N4/c1-9(2)7-8-11(5)16-14-12(15)13(10(3)4)17-18(14)6/h9-11,16H,7-8,15H2,1-6H3. The molecule has 0 fully saturated rings. The fourth-order valence-electron chi connectivity index (χ4n) is 2.05. The highest BCUT2D eigenvalue weighted by Gasteiger charge is 2.17. The van der Waals surface area contributed by atoms with Crippen LogP contribution in [0.25, 0.3) is 0 Å². The van der Waals surface area contributed by atoms with Crippen molar-refractivity contribution >= 4 is 11.5 Å². The van der Waals surface area contributed by atoms with E-state index in [9.17, 15) is 0 Å². The van der Waals surface area contributed by atoms with Gasteiger partial charge in [-0.15, -0.1) is 0 Å². The molecule has 0 spiro atoms. The largest absolute Gasteiger partial charge is 0.394 e. The molecule has 0 radical (unpaired) electrons. The predicted octanol–water partition coefficient (Wildman–Crippen LogP) is 3.36. The summed E-state index contributed by atoms with van der Waals surface area (Å²) in [7, 11) is 1.94. The molecule has 1 heterocycles. The van der Waals surface area contributed by atoms with Crippen molar-refractivity contribution in [3.05, 3.63) is 5.69 Å². The predicted molar refractivity (Wildman–Crippen MR) is 78.9 cm³/mol. The molecule has 1 unspecified atom stereocenters. The van der Waals surface area contributed by atoms with Crippen LogP contribution < -0.4 is 11.1 Å². The van der Waals surface area contributed by atoms with Gasteiger partial charge in [0.2, 0.25) is 0 Å². The van der Waals surface area contributed by atoms with E-state index in [-0.39, 0.29) is 0 Å². The van der Waals surface area contributed by atoms with Gasteiger partial charge in [0.1, 0.15) is 5.82 Å². The van der Waals surface area contributed by atoms with Gasteiger partial charge in [-0.1, -0.05) is 27.7 Å². The van der Waals surface area contributed by atoms with Gasteiger partial charge in [0.25, 0.3) is 0 Å². The van der Waals surface area contributed by atoms with Gasteiger partial charge >= 0.3 is 0 Å². The maximum atomic E-state index is 6.16. The van der Waals surface area contributed by atoms with E-state index in [0.29, 0.717) is 12.0 Å². The summed E-state index contributed by atoms with van der Waals surface area (Å²) >= 11 is 0. The van der Waals surface area contributed by atoms with Gasteiger partial charge in [0.05, 0.1) is 11.4 Å². The van der Waals surface area contributed by atoms with Gasteiger partial charge in [0.15, 0.2) is 0 Å². The van der Waals surface area contributed by atoms with Gasteiger partial charge < -0.3 is 11.1 Å². The van der Waals surface area contributed by atoms with E-state index in [2.05, 4.69) is 45.0 Å². The first-order chi connectivity index (χ1) is 8.32. The van der Waals surface area contributed by atoms with E-state index in [1.807, 2.05) is 11.7 Å². The van der Waals surface area contributed by atoms with Gasteiger partial charge in [-0.25, -0.2) is 0 Å². The monoisotopic (exact) mass is 252 g/mol. The van der Waals surface area contributed by atoms with Crippen LogP contribution in [0.3, 0.4) is 0 Å². The van der Waals surface area contributed by atoms with Crippen LogP contribution in [0.1, 0.15) is 59.1 Å². The van der Waals surface area contributed by atoms with Crippen molar-refractivity contribution in [3.63, 3.8) is 0 Å². The van der Waals surface area contributed by atoms with E-state index in [4.69, 9.17) is 5.73 Å². The number of rotatable bonds is 6. The Morgan fingerprint density at radius 1 is 1.17 bits per heavy atom. The second-order valence-corrected chi connectivity index (χ2v) is 5.94. The lowest BCUT2D eigenvalue weighted by molar-refractivity contribution is 0.525. The molecule has 1 rings (SSSR count). The summed E-state index contributed by atoms with van der Waals surface area (Å²) in [5.41, 5.74) is 7.94. The molecular weight excluding hydrogens is 224 g/mol. The van der Waals surface area contributed by atoms with Crippen LogP contribution in [-0.2, 0) is 7.05 Å². The Balaban J connectivity index is 2.72. The third-order valence-corrected chi connectivity index (χ3v) is 3.22. The summed E-state index contributed by atoms with van der Waals surface area (Å²) in [6.45, 7) is 10.9. The molecule has 4 nitrogen and oxygen atoms in total. The lowest BCUT2D eigenvalue weighted by Gasteiger charge is -2.17. The zero-order valence-corrected chi connectivity index (χ0v) is 12.6. The molecular formula is C14H28N4. The summed E-state index contributed by atoms with van der Waals surface area (Å²) in [4.78, 5) is 0. The molecule has 104 valence electrons. The summed E-state index contributed by atoms with van der Waals surface area (Å²) in [6, 6.07) is 0.421. The summed E-state index contributed by atoms with van der Waals surface area (Å²) in [5.74, 6) is 2.05. The third-order valence-electron chi connectivity index (χ3n) is 3.22. The number of nitrogens with two attached hydrogens (primary N) is 1. The van der Waals surface area contributed by atoms with Crippen LogP contribution >= 0.6 is 0 Å². The molecule has 0 saturated carbocycles. The van der Waals surface area contributed by atoms with Crippen LogP contribution in [0.4, 0.5) is 11.5 Å². The SMILES string of the molecule is CC(C)CCC(C)Nc1c(N)c(C(C)C)nn1C. The number of nitrogens with one attached hydrogen (secondary N) is 1. The van der Waals surface area contributed by atoms with E-state index >= 15 is 0 Å². The highest BCUT2D eigenvalue weighted by atomic mass is 15.3. The Labute approximate surface area is 111 Å². The third kappa shape index (κ3) is 3.65. The highest BCUT2D eigenvalue weighted by Crippen LogP contribution is 2.28. The molecule has 1 atom stereocenters. The Morgan fingerprint density at radius 2 is 1.78 bits per heavy atom. The van der Waals surface area contributed by atoms with Gasteiger partial charge in [0, 0.05) is 13.1 Å². The van der Waals surface area contributed by atoms with Crippen molar-refractivity contribution < 1.29 is 0 Å². The van der Waals surface area contributed by atoms with Crippen LogP contribution in [0.5, 0.6) is 0 Å². The average molecular weight is 252 g/mol. The minimum atomic E-state index is 0.359. The topological polar surface area (TPSA) is 55.9 Å². The van der Waals surface area contributed by atoms with Crippen LogP contribution in [0.2, 0.25) is 0 Å². The molecule has 0 saturated heterocycles. The van der Waals surface area contributed by atoms with E-state index in [1.165, 1.54) is 6.42 Å². The number of hydrogen-bond donors (Lipinski definition) is 2. The van der Waals surface area contributed by atoms with Crippen LogP contribution in [0, 0.1) is 5.92 Å². The average Bonchev–Trinajstić information content (AvgIpc) is 2.54. The van der Waals surface area contributed by atoms with Crippen LogP contribution in [-0.4, -0.2) is 15.8 Å². The smallest absolute Gasteiger partial charge is 0.147 e. The number of nitrogen functional groups attached to an aromatic ring is 1. The summed E-state index contributed by atoms with van der Waals surface area (Å²) in [6.07, 6.45) is 2.38. The summed E-state index contributed by atoms with van der Waals surface area (Å²) in [5, 5.41) is 7.97. The maximum absolute atomic E-state index is 6.16. The number of hydrogen-bond acceptors (Lipinski definition) is 3. The lowest BCUT2D eigenvalue weighted by atomic mass is 10.0. The molecule has 18 heavy (non-hydrogen) atoms. The lowest BCUT2D eigenvalue weighted by Crippen LogP contribution is -2.18. The Bertz CT molecular complexity index is 379. The number of nitrogens with zero attached hydrogens (tertiary/aromatic N) is 2. The summed E-state index contributed by atoms with van der Waals surface area (Å²) < 4.78 is 1.86. The molecule has 0 amide bonds. The molecule has 3 N–H and O–H groups in total. The van der Waals surface area contributed by atoms with Gasteiger partial charge in [-0.05, 0) is 31.6 Å². The van der Waals surface area contributed by atoms with E-state index in [0.717, 1.165) is 29.5 Å². The van der Waals surface area contributed by atoms with Gasteiger partial charge in [-0.3, -0.25) is 4.68 Å². The second-order valence-electron chi connectivity index (χ2n) is 5.94. The molecule has 0 aliphatic carbocycles. The van der Waals surface area contributed by atoms with Crippen molar-refractivity contribution in [2.24, 2.45) is 13.0 Å². The van der Waals surface area contributed by atoms with Crippen molar-refractivity contribution in [1.29, 1.82) is 0 Å². The zero-order chi connectivity index (χ0) is 13.9. The fourth-order valence-corrected chi connectivity index (χ4v) is 2.05. The fraction of sp³-hybridized carbons (Fsp3) is 0.786. The number of aromatic nitrogens is 2. The molecule has 4 heteroatoms. The van der Waals surface area contributed by atoms with Crippen LogP contribution in [0.15, 0.2) is 0 Å². The van der Waals surface area contributed by atoms with Crippen molar-refractivity contribution in [2.75, 3.05) is 11.1 Å². The number of anilines is 2. The molecule has 1 aromatic rings. The molecule has 0 bridgehead atoms. The van der Waals surface area contributed by atoms with Crippen molar-refractivity contribution in [3.8, 4) is 0 Å². The molecule has 1 aromatic heterocycles. The van der Waals surface area contributed by atoms with Gasteiger partial charge in [-0.2, -0.15) is 5.10 Å². The maximum Gasteiger partial charge on any atom is 0.147 e. The van der Waals surface area contributed by atoms with Crippen molar-refractivity contribution in [2.45, 2.75) is 59.4 Å². The molecule has 0 aromatic carbocycles. The minimum absolute atomic E-state index is 0.359. The Hall–Kier alpha value is -1.19. The first-order valence-corrected chi connectivity index (χ1v) is 6.91. The quantitative estimate of drug-likeness (QED) is 0.816. The van der Waals surface area contributed by atoms with E-state index in [1.54, 1.807) is 0 Å². The van der Waals surface area contributed by atoms with Crippen molar-refractivity contribution in [1.82, 2.24) is 9.78 Å². The normalized spacial score (nSPS) is 13.3. The molecule has 0 aliphatic heterocycles. The first kappa shape index (κ1) is 14.9. The second kappa shape index (κ2) is 6.12.